The maximum atomic E-state index is 12.5. The largest absolute Gasteiger partial charge is 0.477 e. The molecule has 0 aliphatic carbocycles. The zero-order chi connectivity index (χ0) is 19.0. The molecule has 1 saturated heterocycles. The number of anilines is 1. The summed E-state index contributed by atoms with van der Waals surface area (Å²) >= 11 is 8.24. The summed E-state index contributed by atoms with van der Waals surface area (Å²) in [6.07, 6.45) is 1.42. The van der Waals surface area contributed by atoms with Crippen LogP contribution in [-0.2, 0) is 14.4 Å². The lowest BCUT2D eigenvalue weighted by molar-refractivity contribution is -0.150. The van der Waals surface area contributed by atoms with Gasteiger partial charge in [-0.25, -0.2) is 9.78 Å². The van der Waals surface area contributed by atoms with Gasteiger partial charge in [0, 0.05) is 16.7 Å². The van der Waals surface area contributed by atoms with Gasteiger partial charge in [-0.15, -0.1) is 23.1 Å². The van der Waals surface area contributed by atoms with Gasteiger partial charge in [-0.3, -0.25) is 14.5 Å². The molecule has 1 aromatic rings. The van der Waals surface area contributed by atoms with Crippen LogP contribution < -0.4 is 11.1 Å². The van der Waals surface area contributed by atoms with Crippen LogP contribution >= 0.6 is 34.7 Å². The first kappa shape index (κ1) is 18.5. The Hall–Kier alpha value is -2.30. The van der Waals surface area contributed by atoms with Crippen molar-refractivity contribution in [2.24, 2.45) is 0 Å². The average Bonchev–Trinajstić information content (AvgIpc) is 3.04. The van der Waals surface area contributed by atoms with Crippen LogP contribution in [0.3, 0.4) is 0 Å². The second kappa shape index (κ2) is 7.14. The number of fused-ring (bicyclic) bond motifs is 1. The zero-order valence-corrected chi connectivity index (χ0v) is 15.5. The van der Waals surface area contributed by atoms with Crippen molar-refractivity contribution in [2.75, 3.05) is 11.5 Å². The van der Waals surface area contributed by atoms with Crippen LogP contribution in [0.25, 0.3) is 5.57 Å². The Balaban J connectivity index is 1.78. The Bertz CT molecular complexity index is 879. The first-order chi connectivity index (χ1) is 12.4. The van der Waals surface area contributed by atoms with Crippen LogP contribution in [0.15, 0.2) is 34.8 Å². The number of carbonyl (C=O) groups excluding carboxylic acids is 2. The molecule has 3 rings (SSSR count). The lowest BCUT2D eigenvalue weighted by Gasteiger charge is -2.49. The van der Waals surface area contributed by atoms with E-state index in [0.717, 1.165) is 16.9 Å². The molecule has 1 unspecified atom stereocenters. The van der Waals surface area contributed by atoms with Crippen molar-refractivity contribution >= 4 is 63.2 Å². The minimum Gasteiger partial charge on any atom is -0.477 e. The highest BCUT2D eigenvalue weighted by molar-refractivity contribution is 8.00. The highest BCUT2D eigenvalue weighted by atomic mass is 35.5. The number of thiazole rings is 1. The molecule has 0 bridgehead atoms. The Labute approximate surface area is 161 Å². The second-order valence-electron chi connectivity index (χ2n) is 5.34. The third kappa shape index (κ3) is 3.00. The van der Waals surface area contributed by atoms with Crippen molar-refractivity contribution in [3.63, 3.8) is 0 Å². The quantitative estimate of drug-likeness (QED) is 0.490. The molecule has 0 radical (unpaired) electrons. The number of amides is 2. The monoisotopic (exact) mass is 412 g/mol. The minimum absolute atomic E-state index is 0.0763. The number of nitrogens with zero attached hydrogens (tertiary/aromatic N) is 2. The molecule has 4 N–H and O–H groups in total. The molecule has 0 aromatic carbocycles. The van der Waals surface area contributed by atoms with Gasteiger partial charge >= 0.3 is 5.97 Å². The molecule has 3 heterocycles. The number of nitrogens with two attached hydrogens (primary N) is 1. The van der Waals surface area contributed by atoms with E-state index in [-0.39, 0.29) is 16.4 Å². The fourth-order valence-corrected chi connectivity index (χ4v) is 4.77. The maximum absolute atomic E-state index is 12.5. The van der Waals surface area contributed by atoms with Gasteiger partial charge in [0.25, 0.3) is 11.8 Å². The predicted octanol–water partition coefficient (Wildman–Crippen LogP) is 1.23. The fourth-order valence-electron chi connectivity index (χ4n) is 2.65. The van der Waals surface area contributed by atoms with Gasteiger partial charge in [-0.1, -0.05) is 24.3 Å². The summed E-state index contributed by atoms with van der Waals surface area (Å²) in [6.45, 7) is 3.58. The Morgan fingerprint density at radius 1 is 1.54 bits per heavy atom. The number of allylic oxidation sites excluding steroid dienone is 1. The number of rotatable bonds is 5. The number of carboxylic acid groups (broad SMARTS) is 1. The molecule has 0 saturated carbocycles. The van der Waals surface area contributed by atoms with Crippen LogP contribution in [0, 0.1) is 0 Å². The summed E-state index contributed by atoms with van der Waals surface area (Å²) in [7, 11) is 0. The number of thioether (sulfide) groups is 1. The standard InChI is InChI=1S/C15H13ClN4O4S2/c1-2-6-4-25-13-9(12(22)20(13)10(6)14(23)24)19-11(21)7(3-16)8-5-26-15(17)18-8/h2-3,5,9,13H,1,4H2,(H2,17,18)(H,19,21)(H,23,24)/b7-3-/t9?,13-/m0/s1. The molecule has 2 aliphatic rings. The first-order valence-electron chi connectivity index (χ1n) is 7.25. The first-order valence-corrected chi connectivity index (χ1v) is 9.61. The van der Waals surface area contributed by atoms with Gasteiger partial charge < -0.3 is 16.2 Å². The van der Waals surface area contributed by atoms with Gasteiger partial charge in [0.05, 0.1) is 11.3 Å². The van der Waals surface area contributed by atoms with E-state index in [0.29, 0.717) is 17.0 Å². The van der Waals surface area contributed by atoms with Crippen molar-refractivity contribution in [2.45, 2.75) is 11.4 Å². The minimum atomic E-state index is -1.21. The van der Waals surface area contributed by atoms with E-state index in [1.54, 1.807) is 5.38 Å². The number of nitrogens with one attached hydrogen (secondary N) is 1. The number of hydrogen-bond donors (Lipinski definition) is 3. The third-order valence-electron chi connectivity index (χ3n) is 3.88. The summed E-state index contributed by atoms with van der Waals surface area (Å²) in [5.41, 5.74) is 7.38. The summed E-state index contributed by atoms with van der Waals surface area (Å²) in [6, 6.07) is -0.851. The van der Waals surface area contributed by atoms with Gasteiger partial charge in [0.1, 0.15) is 17.1 Å². The molecule has 1 aromatic heterocycles. The summed E-state index contributed by atoms with van der Waals surface area (Å²) in [5.74, 6) is -1.91. The van der Waals surface area contributed by atoms with E-state index in [1.165, 1.54) is 22.7 Å². The van der Waals surface area contributed by atoms with E-state index in [4.69, 9.17) is 17.3 Å². The smallest absolute Gasteiger partial charge is 0.352 e. The number of nitrogen functional groups attached to an aromatic ring is 1. The third-order valence-corrected chi connectivity index (χ3v) is 6.08. The molecular weight excluding hydrogens is 400 g/mol. The number of halogens is 1. The van der Waals surface area contributed by atoms with Crippen molar-refractivity contribution in [1.29, 1.82) is 0 Å². The van der Waals surface area contributed by atoms with Gasteiger partial charge in [-0.05, 0) is 5.57 Å². The number of carboxylic acids is 1. The molecule has 2 amide bonds. The normalized spacial score (nSPS) is 22.6. The zero-order valence-electron chi connectivity index (χ0n) is 13.1. The van der Waals surface area contributed by atoms with Crippen LogP contribution in [0.2, 0.25) is 0 Å². The summed E-state index contributed by atoms with van der Waals surface area (Å²) in [5, 5.41) is 13.3. The molecule has 0 spiro atoms. The number of β-lactam (4-membered cyclic amide) rings is 1. The van der Waals surface area contributed by atoms with Crippen molar-refractivity contribution in [3.8, 4) is 0 Å². The van der Waals surface area contributed by atoms with E-state index in [2.05, 4.69) is 16.9 Å². The highest BCUT2D eigenvalue weighted by Crippen LogP contribution is 2.40. The topological polar surface area (TPSA) is 126 Å². The van der Waals surface area contributed by atoms with E-state index >= 15 is 0 Å². The second-order valence-corrected chi connectivity index (χ2v) is 7.55. The predicted molar refractivity (Wildman–Crippen MR) is 100 cm³/mol. The van der Waals surface area contributed by atoms with Gasteiger partial charge in [0.15, 0.2) is 5.13 Å². The van der Waals surface area contributed by atoms with Crippen LogP contribution in [0.1, 0.15) is 5.69 Å². The number of aromatic nitrogens is 1. The fraction of sp³-hybridized carbons (Fsp3) is 0.200. The lowest BCUT2D eigenvalue weighted by Crippen LogP contribution is -2.70. The van der Waals surface area contributed by atoms with Gasteiger partial charge in [0.2, 0.25) is 0 Å². The highest BCUT2D eigenvalue weighted by Gasteiger charge is 2.54. The van der Waals surface area contributed by atoms with Crippen molar-refractivity contribution in [3.05, 3.63) is 40.5 Å². The molecule has 26 heavy (non-hydrogen) atoms. The van der Waals surface area contributed by atoms with Crippen LogP contribution in [0.5, 0.6) is 0 Å². The lowest BCUT2D eigenvalue weighted by atomic mass is 10.0. The molecule has 8 nitrogen and oxygen atoms in total. The molecule has 2 aliphatic heterocycles. The van der Waals surface area contributed by atoms with Crippen LogP contribution in [-0.4, -0.2) is 49.9 Å². The van der Waals surface area contributed by atoms with Gasteiger partial charge in [-0.2, -0.15) is 0 Å². The van der Waals surface area contributed by atoms with Crippen molar-refractivity contribution < 1.29 is 19.5 Å². The van der Waals surface area contributed by atoms with E-state index in [9.17, 15) is 19.5 Å². The van der Waals surface area contributed by atoms with E-state index < -0.39 is 29.2 Å². The van der Waals surface area contributed by atoms with E-state index in [1.807, 2.05) is 0 Å². The maximum Gasteiger partial charge on any atom is 0.352 e. The number of aliphatic carboxylic acids is 1. The average molecular weight is 413 g/mol. The van der Waals surface area contributed by atoms with Crippen molar-refractivity contribution in [1.82, 2.24) is 15.2 Å². The SMILES string of the molecule is C=CC1=C(C(=O)O)N2C(=O)C(NC(=O)/C(=C\Cl)c3csc(N)n3)[C@@H]2SC1. The Morgan fingerprint density at radius 3 is 2.81 bits per heavy atom. The summed E-state index contributed by atoms with van der Waals surface area (Å²) < 4.78 is 0. The summed E-state index contributed by atoms with van der Waals surface area (Å²) in [4.78, 5) is 41.6. The molecule has 2 atom stereocenters. The number of carbonyl (C=O) groups is 3. The Kier molecular flexibility index (Phi) is 5.08. The number of hydrogen-bond acceptors (Lipinski definition) is 7. The van der Waals surface area contributed by atoms with Crippen LogP contribution in [0.4, 0.5) is 5.13 Å². The molecule has 136 valence electrons. The Morgan fingerprint density at radius 2 is 2.27 bits per heavy atom. The molecular formula is C15H13ClN4O4S2. The molecule has 11 heteroatoms. The molecule has 1 fully saturated rings.